The van der Waals surface area contributed by atoms with E-state index in [4.69, 9.17) is 0 Å². The van der Waals surface area contributed by atoms with Crippen LogP contribution in [0, 0.1) is 5.92 Å². The van der Waals surface area contributed by atoms with Crippen LogP contribution in [0.1, 0.15) is 56.7 Å². The molecule has 1 unspecified atom stereocenters. The van der Waals surface area contributed by atoms with Crippen molar-refractivity contribution >= 4 is 0 Å². The molecule has 4 nitrogen and oxygen atoms in total. The molecule has 0 spiro atoms. The van der Waals surface area contributed by atoms with Gasteiger partial charge < -0.3 is 9.88 Å². The number of rotatable bonds is 2. The Hall–Kier alpha value is -0.900. The molecule has 2 aliphatic rings. The third-order valence-electron chi connectivity index (χ3n) is 4.23. The molecule has 4 heteroatoms. The molecule has 3 rings (SSSR count). The van der Waals surface area contributed by atoms with E-state index < -0.39 is 0 Å². The molecule has 1 fully saturated rings. The van der Waals surface area contributed by atoms with Gasteiger partial charge >= 0.3 is 0 Å². The summed E-state index contributed by atoms with van der Waals surface area (Å²) < 4.78 is 2.34. The summed E-state index contributed by atoms with van der Waals surface area (Å²) in [5, 5.41) is 12.2. The van der Waals surface area contributed by atoms with Gasteiger partial charge in [-0.25, -0.2) is 0 Å². The molecule has 17 heavy (non-hydrogen) atoms. The zero-order valence-corrected chi connectivity index (χ0v) is 10.7. The van der Waals surface area contributed by atoms with Crippen LogP contribution < -0.4 is 5.32 Å². The standard InChI is InChI=1S/C13H22N4/c1-10-13-16-15-12(17(13)8-7-14-10)9-11-5-3-2-4-6-11/h10-11,14H,2-9H2,1H3. The lowest BCUT2D eigenvalue weighted by atomic mass is 9.87. The minimum absolute atomic E-state index is 0.358. The number of fused-ring (bicyclic) bond motifs is 1. The van der Waals surface area contributed by atoms with Crippen LogP contribution in [0.15, 0.2) is 0 Å². The van der Waals surface area contributed by atoms with Crippen molar-refractivity contribution in [3.05, 3.63) is 11.6 Å². The van der Waals surface area contributed by atoms with E-state index >= 15 is 0 Å². The maximum Gasteiger partial charge on any atom is 0.149 e. The van der Waals surface area contributed by atoms with Gasteiger partial charge in [0.05, 0.1) is 6.04 Å². The fraction of sp³-hybridized carbons (Fsp3) is 0.846. The number of hydrogen-bond donors (Lipinski definition) is 1. The Labute approximate surface area is 103 Å². The summed E-state index contributed by atoms with van der Waals surface area (Å²) in [5.74, 6) is 3.20. The molecule has 2 heterocycles. The van der Waals surface area contributed by atoms with Gasteiger partial charge in [0, 0.05) is 19.5 Å². The normalized spacial score (nSPS) is 25.8. The summed E-state index contributed by atoms with van der Waals surface area (Å²) in [6, 6.07) is 0.358. The third-order valence-corrected chi connectivity index (χ3v) is 4.23. The van der Waals surface area contributed by atoms with Crippen LogP contribution in [0.4, 0.5) is 0 Å². The molecule has 1 aromatic rings. The second-order valence-electron chi connectivity index (χ2n) is 5.51. The topological polar surface area (TPSA) is 42.7 Å². The zero-order valence-electron chi connectivity index (χ0n) is 10.7. The maximum atomic E-state index is 4.42. The van der Waals surface area contributed by atoms with Crippen LogP contribution >= 0.6 is 0 Å². The highest BCUT2D eigenvalue weighted by Gasteiger charge is 2.23. The lowest BCUT2D eigenvalue weighted by Crippen LogP contribution is -2.32. The van der Waals surface area contributed by atoms with Crippen LogP contribution in [0.5, 0.6) is 0 Å². The second-order valence-corrected chi connectivity index (χ2v) is 5.51. The Balaban J connectivity index is 1.74. The first kappa shape index (κ1) is 11.2. The fourth-order valence-corrected chi connectivity index (χ4v) is 3.20. The Bertz CT molecular complexity index is 379. The van der Waals surface area contributed by atoms with Crippen LogP contribution in [0.25, 0.3) is 0 Å². The van der Waals surface area contributed by atoms with E-state index in [1.165, 1.54) is 37.9 Å². The third kappa shape index (κ3) is 2.23. The molecule has 0 aromatic carbocycles. The van der Waals surface area contributed by atoms with Crippen LogP contribution in [-0.2, 0) is 13.0 Å². The predicted molar refractivity (Wildman–Crippen MR) is 66.7 cm³/mol. The van der Waals surface area contributed by atoms with E-state index in [0.29, 0.717) is 6.04 Å². The average Bonchev–Trinajstić information content (AvgIpc) is 2.76. The minimum Gasteiger partial charge on any atom is -0.312 e. The van der Waals surface area contributed by atoms with Crippen molar-refractivity contribution in [3.63, 3.8) is 0 Å². The summed E-state index contributed by atoms with van der Waals surface area (Å²) in [6.45, 7) is 4.25. The molecule has 1 aliphatic heterocycles. The van der Waals surface area contributed by atoms with Crippen LogP contribution in [-0.4, -0.2) is 21.3 Å². The Morgan fingerprint density at radius 2 is 2.06 bits per heavy atom. The molecule has 1 aromatic heterocycles. The van der Waals surface area contributed by atoms with Gasteiger partial charge in [-0.1, -0.05) is 32.1 Å². The van der Waals surface area contributed by atoms with Crippen molar-refractivity contribution in [2.45, 2.75) is 58.0 Å². The van der Waals surface area contributed by atoms with Crippen LogP contribution in [0.3, 0.4) is 0 Å². The van der Waals surface area contributed by atoms with Gasteiger partial charge in [-0.2, -0.15) is 0 Å². The zero-order chi connectivity index (χ0) is 11.7. The second kappa shape index (κ2) is 4.77. The molecule has 0 radical (unpaired) electrons. The Morgan fingerprint density at radius 3 is 2.88 bits per heavy atom. The van der Waals surface area contributed by atoms with Gasteiger partial charge in [0.1, 0.15) is 11.6 Å². The highest BCUT2D eigenvalue weighted by atomic mass is 15.3. The first-order valence-electron chi connectivity index (χ1n) is 7.00. The van der Waals surface area contributed by atoms with Crippen LogP contribution in [0.2, 0.25) is 0 Å². The smallest absolute Gasteiger partial charge is 0.149 e. The Morgan fingerprint density at radius 1 is 1.24 bits per heavy atom. The SMILES string of the molecule is CC1NCCn2c(CC3CCCCC3)nnc21. The molecule has 0 saturated heterocycles. The number of hydrogen-bond acceptors (Lipinski definition) is 3. The predicted octanol–water partition coefficient (Wildman–Crippen LogP) is 2.07. The van der Waals surface area contributed by atoms with Gasteiger partial charge in [-0.15, -0.1) is 10.2 Å². The van der Waals surface area contributed by atoms with E-state index in [-0.39, 0.29) is 0 Å². The molecule has 1 atom stereocenters. The molecule has 0 bridgehead atoms. The fourth-order valence-electron chi connectivity index (χ4n) is 3.20. The molecule has 94 valence electrons. The van der Waals surface area contributed by atoms with Crippen molar-refractivity contribution in [2.24, 2.45) is 5.92 Å². The van der Waals surface area contributed by atoms with E-state index in [0.717, 1.165) is 31.3 Å². The summed E-state index contributed by atoms with van der Waals surface area (Å²) in [7, 11) is 0. The Kier molecular flexibility index (Phi) is 3.14. The van der Waals surface area contributed by atoms with Gasteiger partial charge in [0.2, 0.25) is 0 Å². The molecule has 1 aliphatic carbocycles. The van der Waals surface area contributed by atoms with Crippen molar-refractivity contribution in [2.75, 3.05) is 6.54 Å². The first-order chi connectivity index (χ1) is 8.34. The monoisotopic (exact) mass is 234 g/mol. The van der Waals surface area contributed by atoms with Gasteiger partial charge in [-0.05, 0) is 12.8 Å². The highest BCUT2D eigenvalue weighted by Crippen LogP contribution is 2.27. The van der Waals surface area contributed by atoms with E-state index in [2.05, 4.69) is 27.0 Å². The number of nitrogens with one attached hydrogen (secondary N) is 1. The van der Waals surface area contributed by atoms with Gasteiger partial charge in [0.15, 0.2) is 0 Å². The maximum absolute atomic E-state index is 4.42. The summed E-state index contributed by atoms with van der Waals surface area (Å²) >= 11 is 0. The lowest BCUT2D eigenvalue weighted by molar-refractivity contribution is 0.342. The first-order valence-corrected chi connectivity index (χ1v) is 7.00. The largest absolute Gasteiger partial charge is 0.312 e. The van der Waals surface area contributed by atoms with E-state index in [9.17, 15) is 0 Å². The molecule has 1 saturated carbocycles. The van der Waals surface area contributed by atoms with Gasteiger partial charge in [0.25, 0.3) is 0 Å². The molecular formula is C13H22N4. The summed E-state index contributed by atoms with van der Waals surface area (Å²) in [6.07, 6.45) is 8.15. The summed E-state index contributed by atoms with van der Waals surface area (Å²) in [4.78, 5) is 0. The van der Waals surface area contributed by atoms with Crippen molar-refractivity contribution < 1.29 is 0 Å². The van der Waals surface area contributed by atoms with Crippen molar-refractivity contribution in [1.82, 2.24) is 20.1 Å². The highest BCUT2D eigenvalue weighted by molar-refractivity contribution is 5.04. The number of aromatic nitrogens is 3. The van der Waals surface area contributed by atoms with Crippen molar-refractivity contribution in [3.8, 4) is 0 Å². The molecule has 1 N–H and O–H groups in total. The number of nitrogens with zero attached hydrogens (tertiary/aromatic N) is 3. The molecule has 0 amide bonds. The van der Waals surface area contributed by atoms with Gasteiger partial charge in [-0.3, -0.25) is 0 Å². The lowest BCUT2D eigenvalue weighted by Gasteiger charge is -2.24. The summed E-state index contributed by atoms with van der Waals surface area (Å²) in [5.41, 5.74) is 0. The minimum atomic E-state index is 0.358. The van der Waals surface area contributed by atoms with Crippen molar-refractivity contribution in [1.29, 1.82) is 0 Å². The average molecular weight is 234 g/mol. The quantitative estimate of drug-likeness (QED) is 0.852. The van der Waals surface area contributed by atoms with E-state index in [1.54, 1.807) is 0 Å². The van der Waals surface area contributed by atoms with E-state index in [1.807, 2.05) is 0 Å². The molecular weight excluding hydrogens is 212 g/mol.